The Bertz CT molecular complexity index is 400. The molecule has 1 aromatic rings. The van der Waals surface area contributed by atoms with Gasteiger partial charge >= 0.3 is 12.3 Å². The van der Waals surface area contributed by atoms with Crippen LogP contribution >= 0.6 is 0 Å². The second-order valence-corrected chi connectivity index (χ2v) is 3.57. The summed E-state index contributed by atoms with van der Waals surface area (Å²) in [5.41, 5.74) is 0.339. The maximum absolute atomic E-state index is 11.9. The molecular weight excluding hydrogens is 253 g/mol. The number of aliphatic carboxylic acids is 1. The second-order valence-electron chi connectivity index (χ2n) is 3.57. The molecule has 0 unspecified atom stereocenters. The summed E-state index contributed by atoms with van der Waals surface area (Å²) in [6.45, 7) is 0. The Kier molecular flexibility index (Phi) is 4.55. The van der Waals surface area contributed by atoms with Gasteiger partial charge in [0.25, 0.3) is 0 Å². The van der Waals surface area contributed by atoms with Crippen molar-refractivity contribution >= 4 is 5.97 Å². The van der Waals surface area contributed by atoms with Gasteiger partial charge in [0.15, 0.2) is 0 Å². The number of carbonyl (C=O) groups is 1. The Morgan fingerprint density at radius 2 is 1.83 bits per heavy atom. The highest BCUT2D eigenvalue weighted by Crippen LogP contribution is 2.25. The summed E-state index contributed by atoms with van der Waals surface area (Å²) in [4.78, 5) is 10.3. The van der Waals surface area contributed by atoms with Gasteiger partial charge in [0, 0.05) is 6.42 Å². The van der Waals surface area contributed by atoms with E-state index in [9.17, 15) is 23.1 Å². The van der Waals surface area contributed by atoms with Crippen molar-refractivity contribution in [3.8, 4) is 5.75 Å². The second kappa shape index (κ2) is 5.72. The first-order valence-corrected chi connectivity index (χ1v) is 5.03. The van der Waals surface area contributed by atoms with Crippen LogP contribution in [0, 0.1) is 0 Å². The number of rotatable bonds is 5. The number of hydrogen-bond donors (Lipinski definition) is 2. The Balaban J connectivity index is 2.62. The van der Waals surface area contributed by atoms with Crippen LogP contribution in [0.1, 0.15) is 24.5 Å². The SMILES string of the molecule is O=C(O)CC[C@H](O)c1ccc(OC(F)(F)F)cc1. The van der Waals surface area contributed by atoms with Crippen molar-refractivity contribution in [1.82, 2.24) is 0 Å². The van der Waals surface area contributed by atoms with Gasteiger partial charge in [-0.05, 0) is 24.1 Å². The number of carboxylic acids is 1. The summed E-state index contributed by atoms with van der Waals surface area (Å²) in [6, 6.07) is 4.64. The topological polar surface area (TPSA) is 66.8 Å². The molecule has 0 aliphatic rings. The minimum Gasteiger partial charge on any atom is -0.481 e. The van der Waals surface area contributed by atoms with Crippen molar-refractivity contribution in [2.24, 2.45) is 0 Å². The van der Waals surface area contributed by atoms with Crippen LogP contribution in [0.3, 0.4) is 0 Å². The number of aliphatic hydroxyl groups excluding tert-OH is 1. The van der Waals surface area contributed by atoms with Crippen molar-refractivity contribution in [1.29, 1.82) is 0 Å². The molecule has 4 nitrogen and oxygen atoms in total. The van der Waals surface area contributed by atoms with Crippen LogP contribution in [0.15, 0.2) is 24.3 Å². The smallest absolute Gasteiger partial charge is 0.481 e. The molecular formula is C11H11F3O4. The first-order valence-electron chi connectivity index (χ1n) is 5.03. The molecule has 1 atom stereocenters. The lowest BCUT2D eigenvalue weighted by atomic mass is 10.1. The van der Waals surface area contributed by atoms with Gasteiger partial charge in [-0.3, -0.25) is 4.79 Å². The van der Waals surface area contributed by atoms with E-state index >= 15 is 0 Å². The fourth-order valence-corrected chi connectivity index (χ4v) is 1.32. The number of alkyl halides is 3. The molecule has 0 aromatic heterocycles. The first kappa shape index (κ1) is 14.3. The molecule has 2 N–H and O–H groups in total. The minimum absolute atomic E-state index is 0.00515. The zero-order valence-electron chi connectivity index (χ0n) is 9.15. The van der Waals surface area contributed by atoms with E-state index in [2.05, 4.69) is 4.74 Å². The summed E-state index contributed by atoms with van der Waals surface area (Å²) in [6.07, 6.45) is -6.01. The number of hydrogen-bond acceptors (Lipinski definition) is 3. The van der Waals surface area contributed by atoms with Gasteiger partial charge in [0.05, 0.1) is 6.10 Å². The predicted molar refractivity (Wildman–Crippen MR) is 55.0 cm³/mol. The maximum Gasteiger partial charge on any atom is 0.573 e. The molecule has 0 amide bonds. The summed E-state index contributed by atoms with van der Waals surface area (Å²) in [7, 11) is 0. The number of halogens is 3. The van der Waals surface area contributed by atoms with Gasteiger partial charge in [-0.25, -0.2) is 0 Å². The van der Waals surface area contributed by atoms with Crippen LogP contribution in [0.25, 0.3) is 0 Å². The first-order chi connectivity index (χ1) is 8.28. The van der Waals surface area contributed by atoms with E-state index in [1.807, 2.05) is 0 Å². The van der Waals surface area contributed by atoms with E-state index in [4.69, 9.17) is 5.11 Å². The van der Waals surface area contributed by atoms with Crippen molar-refractivity contribution in [2.45, 2.75) is 25.3 Å². The molecule has 1 rings (SSSR count). The third-order valence-electron chi connectivity index (χ3n) is 2.13. The Morgan fingerprint density at radius 1 is 1.28 bits per heavy atom. The molecule has 0 aliphatic carbocycles. The highest BCUT2D eigenvalue weighted by molar-refractivity contribution is 5.66. The van der Waals surface area contributed by atoms with E-state index in [1.54, 1.807) is 0 Å². The van der Waals surface area contributed by atoms with Crippen molar-refractivity contribution in [3.05, 3.63) is 29.8 Å². The molecule has 1 aromatic carbocycles. The summed E-state index contributed by atoms with van der Waals surface area (Å²) in [5, 5.41) is 18.0. The lowest BCUT2D eigenvalue weighted by Gasteiger charge is -2.12. The quantitative estimate of drug-likeness (QED) is 0.857. The molecule has 0 heterocycles. The molecule has 0 radical (unpaired) electrons. The molecule has 100 valence electrons. The van der Waals surface area contributed by atoms with Gasteiger partial charge in [-0.2, -0.15) is 0 Å². The average molecular weight is 264 g/mol. The largest absolute Gasteiger partial charge is 0.573 e. The van der Waals surface area contributed by atoms with Crippen molar-refractivity contribution in [2.75, 3.05) is 0 Å². The van der Waals surface area contributed by atoms with Gasteiger partial charge < -0.3 is 14.9 Å². The summed E-state index contributed by atoms with van der Waals surface area (Å²) in [5.74, 6) is -1.44. The van der Waals surface area contributed by atoms with Crippen molar-refractivity contribution in [3.63, 3.8) is 0 Å². The maximum atomic E-state index is 11.9. The number of ether oxygens (including phenoxy) is 1. The van der Waals surface area contributed by atoms with Crippen LogP contribution < -0.4 is 4.74 Å². The fraction of sp³-hybridized carbons (Fsp3) is 0.364. The minimum atomic E-state index is -4.76. The molecule has 7 heteroatoms. The highest BCUT2D eigenvalue weighted by Gasteiger charge is 2.31. The van der Waals surface area contributed by atoms with Crippen LogP contribution in [0.2, 0.25) is 0 Å². The predicted octanol–water partition coefficient (Wildman–Crippen LogP) is 2.48. The zero-order valence-corrected chi connectivity index (χ0v) is 9.15. The molecule has 18 heavy (non-hydrogen) atoms. The van der Waals surface area contributed by atoms with Crippen LogP contribution in [0.4, 0.5) is 13.2 Å². The van der Waals surface area contributed by atoms with Crippen molar-refractivity contribution < 1.29 is 32.9 Å². The van der Waals surface area contributed by atoms with E-state index < -0.39 is 24.2 Å². The Labute approximate surface area is 101 Å². The zero-order chi connectivity index (χ0) is 13.8. The molecule has 0 saturated carbocycles. The van der Waals surface area contributed by atoms with Gasteiger partial charge in [-0.1, -0.05) is 12.1 Å². The monoisotopic (exact) mass is 264 g/mol. The van der Waals surface area contributed by atoms with E-state index in [-0.39, 0.29) is 12.8 Å². The fourth-order valence-electron chi connectivity index (χ4n) is 1.32. The third kappa shape index (κ3) is 5.05. The molecule has 0 fully saturated rings. The summed E-state index contributed by atoms with van der Waals surface area (Å²) >= 11 is 0. The standard InChI is InChI=1S/C11H11F3O4/c12-11(13,14)18-8-3-1-7(2-4-8)9(15)5-6-10(16)17/h1-4,9,15H,5-6H2,(H,16,17)/t9-/m0/s1. The van der Waals surface area contributed by atoms with Gasteiger partial charge in [0.2, 0.25) is 0 Å². The molecule has 0 bridgehead atoms. The number of aliphatic hydroxyl groups is 1. The van der Waals surface area contributed by atoms with E-state index in [0.29, 0.717) is 5.56 Å². The number of benzene rings is 1. The average Bonchev–Trinajstić information content (AvgIpc) is 2.24. The number of carboxylic acid groups (broad SMARTS) is 1. The Morgan fingerprint density at radius 3 is 2.28 bits per heavy atom. The van der Waals surface area contributed by atoms with Crippen LogP contribution in [-0.2, 0) is 4.79 Å². The molecule has 0 saturated heterocycles. The summed E-state index contributed by atoms with van der Waals surface area (Å²) < 4.78 is 39.3. The van der Waals surface area contributed by atoms with Crippen LogP contribution in [-0.4, -0.2) is 22.5 Å². The lowest BCUT2D eigenvalue weighted by molar-refractivity contribution is -0.274. The lowest BCUT2D eigenvalue weighted by Crippen LogP contribution is -2.17. The third-order valence-corrected chi connectivity index (χ3v) is 2.13. The molecule has 0 aliphatic heterocycles. The normalized spacial score (nSPS) is 13.1. The molecule has 0 spiro atoms. The van der Waals surface area contributed by atoms with E-state index in [1.165, 1.54) is 12.1 Å². The van der Waals surface area contributed by atoms with Gasteiger partial charge in [-0.15, -0.1) is 13.2 Å². The van der Waals surface area contributed by atoms with Gasteiger partial charge in [0.1, 0.15) is 5.75 Å². The van der Waals surface area contributed by atoms with Crippen LogP contribution in [0.5, 0.6) is 5.75 Å². The Hall–Kier alpha value is -1.76. The highest BCUT2D eigenvalue weighted by atomic mass is 19.4. The van der Waals surface area contributed by atoms with E-state index in [0.717, 1.165) is 12.1 Å².